The molecule has 4 heterocycles. The molecule has 0 aromatic carbocycles. The molecule has 1 atom stereocenters. The van der Waals surface area contributed by atoms with Crippen molar-refractivity contribution in [3.05, 3.63) is 29.8 Å². The summed E-state index contributed by atoms with van der Waals surface area (Å²) in [6, 6.07) is 3.72. The molecule has 2 fully saturated rings. The molecule has 0 radical (unpaired) electrons. The highest BCUT2D eigenvalue weighted by atomic mass is 16.5. The maximum absolute atomic E-state index is 12.7. The summed E-state index contributed by atoms with van der Waals surface area (Å²) < 4.78 is 10.6. The normalized spacial score (nSPS) is 21.9. The van der Waals surface area contributed by atoms with Crippen LogP contribution in [0.25, 0.3) is 0 Å². The van der Waals surface area contributed by atoms with Crippen molar-refractivity contribution in [2.45, 2.75) is 18.8 Å². The van der Waals surface area contributed by atoms with E-state index in [1.165, 1.54) is 0 Å². The topological polar surface area (TPSA) is 87.5 Å². The summed E-state index contributed by atoms with van der Waals surface area (Å²) in [5.41, 5.74) is 1.08. The largest absolute Gasteiger partial charge is 0.378 e. The summed E-state index contributed by atoms with van der Waals surface area (Å²) in [5, 5.41) is 11.1. The second kappa shape index (κ2) is 6.64. The first-order valence-electron chi connectivity index (χ1n) is 8.39. The smallest absolute Gasteiger partial charge is 0.292 e. The molecule has 0 aliphatic carbocycles. The van der Waals surface area contributed by atoms with E-state index in [4.69, 9.17) is 9.26 Å². The summed E-state index contributed by atoms with van der Waals surface area (Å²) in [6.45, 7) is 4.31. The average Bonchev–Trinajstić information content (AvgIpc) is 3.34. The molecule has 1 N–H and O–H groups in total. The number of anilines is 1. The number of amides is 1. The predicted molar refractivity (Wildman–Crippen MR) is 86.0 cm³/mol. The van der Waals surface area contributed by atoms with E-state index in [9.17, 15) is 4.79 Å². The van der Waals surface area contributed by atoms with Crippen LogP contribution in [0.15, 0.2) is 22.9 Å². The molecule has 0 bridgehead atoms. The molecule has 128 valence electrons. The quantitative estimate of drug-likeness (QED) is 0.911. The number of piperidine rings is 1. The Hall–Kier alpha value is -2.35. The van der Waals surface area contributed by atoms with Crippen molar-refractivity contribution in [3.8, 4) is 0 Å². The summed E-state index contributed by atoms with van der Waals surface area (Å²) in [4.78, 5) is 16.7. The second-order valence-corrected chi connectivity index (χ2v) is 6.25. The summed E-state index contributed by atoms with van der Waals surface area (Å²) in [7, 11) is 0. The molecule has 8 heteroatoms. The highest BCUT2D eigenvalue weighted by Crippen LogP contribution is 2.27. The van der Waals surface area contributed by atoms with Gasteiger partial charge in [-0.2, -0.15) is 5.10 Å². The van der Waals surface area contributed by atoms with Crippen molar-refractivity contribution in [3.63, 3.8) is 0 Å². The van der Waals surface area contributed by atoms with Crippen molar-refractivity contribution in [1.29, 1.82) is 0 Å². The fraction of sp³-hybridized carbons (Fsp3) is 0.562. The number of hydrogen-bond donors (Lipinski definition) is 1. The molecule has 1 amide bonds. The Morgan fingerprint density at radius 3 is 2.96 bits per heavy atom. The molecule has 2 aliphatic heterocycles. The third-order valence-electron chi connectivity index (χ3n) is 4.71. The van der Waals surface area contributed by atoms with Gasteiger partial charge in [-0.15, -0.1) is 0 Å². The maximum Gasteiger partial charge on any atom is 0.292 e. The van der Waals surface area contributed by atoms with Crippen molar-refractivity contribution < 1.29 is 14.1 Å². The molecule has 4 rings (SSSR count). The lowest BCUT2D eigenvalue weighted by Crippen LogP contribution is -2.39. The van der Waals surface area contributed by atoms with E-state index in [-0.39, 0.29) is 5.91 Å². The molecule has 2 aromatic rings. The van der Waals surface area contributed by atoms with E-state index in [0.29, 0.717) is 37.3 Å². The van der Waals surface area contributed by atoms with E-state index in [1.807, 2.05) is 11.0 Å². The fourth-order valence-corrected chi connectivity index (χ4v) is 3.37. The van der Waals surface area contributed by atoms with Crippen LogP contribution in [0.5, 0.6) is 0 Å². The number of carbonyl (C=O) groups excluding carboxylic acids is 1. The second-order valence-electron chi connectivity index (χ2n) is 6.25. The Morgan fingerprint density at radius 1 is 1.29 bits per heavy atom. The first-order chi connectivity index (χ1) is 11.8. The van der Waals surface area contributed by atoms with Gasteiger partial charge >= 0.3 is 0 Å². The lowest BCUT2D eigenvalue weighted by Gasteiger charge is -2.31. The van der Waals surface area contributed by atoms with Gasteiger partial charge in [0.2, 0.25) is 5.76 Å². The summed E-state index contributed by atoms with van der Waals surface area (Å²) in [6.07, 6.45) is 3.78. The predicted octanol–water partition coefficient (Wildman–Crippen LogP) is 1.25. The zero-order chi connectivity index (χ0) is 16.4. The number of aromatic nitrogens is 3. The number of ether oxygens (including phenoxy) is 1. The SMILES string of the molecule is O=C(c1cc(N2CCOCC2)no1)N1CCCC(c2ccn[nH]2)C1. The molecule has 1 unspecified atom stereocenters. The van der Waals surface area contributed by atoms with Crippen LogP contribution < -0.4 is 4.90 Å². The molecule has 2 aromatic heterocycles. The van der Waals surface area contributed by atoms with Gasteiger partial charge in [-0.1, -0.05) is 5.16 Å². The number of aromatic amines is 1. The molecular formula is C16H21N5O3. The lowest BCUT2D eigenvalue weighted by molar-refractivity contribution is 0.0663. The van der Waals surface area contributed by atoms with Gasteiger partial charge in [-0.25, -0.2) is 0 Å². The Morgan fingerprint density at radius 2 is 2.17 bits per heavy atom. The highest BCUT2D eigenvalue weighted by molar-refractivity contribution is 5.92. The van der Waals surface area contributed by atoms with Crippen LogP contribution in [0.2, 0.25) is 0 Å². The number of morpholine rings is 1. The van der Waals surface area contributed by atoms with Gasteiger partial charge in [0.15, 0.2) is 5.82 Å². The third-order valence-corrected chi connectivity index (χ3v) is 4.71. The molecule has 8 nitrogen and oxygen atoms in total. The third kappa shape index (κ3) is 3.01. The van der Waals surface area contributed by atoms with Crippen LogP contribution in [-0.4, -0.2) is 65.6 Å². The number of likely N-dealkylation sites (tertiary alicyclic amines) is 1. The Balaban J connectivity index is 1.44. The van der Waals surface area contributed by atoms with Crippen LogP contribution in [0.1, 0.15) is 35.0 Å². The van der Waals surface area contributed by atoms with E-state index in [1.54, 1.807) is 12.3 Å². The zero-order valence-electron chi connectivity index (χ0n) is 13.5. The molecule has 0 spiro atoms. The van der Waals surface area contributed by atoms with Crippen molar-refractivity contribution in [1.82, 2.24) is 20.3 Å². The Kier molecular flexibility index (Phi) is 4.20. The van der Waals surface area contributed by atoms with Gasteiger partial charge in [0.25, 0.3) is 5.91 Å². The summed E-state index contributed by atoms with van der Waals surface area (Å²) >= 11 is 0. The van der Waals surface area contributed by atoms with Gasteiger partial charge in [0.1, 0.15) is 0 Å². The first-order valence-corrected chi connectivity index (χ1v) is 8.39. The highest BCUT2D eigenvalue weighted by Gasteiger charge is 2.29. The van der Waals surface area contributed by atoms with Crippen LogP contribution in [0.4, 0.5) is 5.82 Å². The van der Waals surface area contributed by atoms with Gasteiger partial charge in [0.05, 0.1) is 13.2 Å². The Bertz CT molecular complexity index is 678. The minimum atomic E-state index is -0.0915. The van der Waals surface area contributed by atoms with Crippen LogP contribution in [-0.2, 0) is 4.74 Å². The number of H-pyrrole nitrogens is 1. The monoisotopic (exact) mass is 331 g/mol. The number of nitrogens with one attached hydrogen (secondary N) is 1. The standard InChI is InChI=1S/C16H21N5O3/c22-16(14-10-15(19-24-14)20-6-8-23-9-7-20)21-5-1-2-12(11-21)13-3-4-17-18-13/h3-4,10,12H,1-2,5-9,11H2,(H,17,18). The maximum atomic E-state index is 12.7. The molecule has 24 heavy (non-hydrogen) atoms. The van der Waals surface area contributed by atoms with Crippen LogP contribution in [0.3, 0.4) is 0 Å². The van der Waals surface area contributed by atoms with E-state index >= 15 is 0 Å². The van der Waals surface area contributed by atoms with Crippen molar-refractivity contribution in [2.24, 2.45) is 0 Å². The molecule has 2 saturated heterocycles. The van der Waals surface area contributed by atoms with Crippen LogP contribution >= 0.6 is 0 Å². The number of hydrogen-bond acceptors (Lipinski definition) is 6. The average molecular weight is 331 g/mol. The van der Waals surface area contributed by atoms with Gasteiger partial charge in [-0.3, -0.25) is 9.89 Å². The number of rotatable bonds is 3. The minimum Gasteiger partial charge on any atom is -0.378 e. The summed E-state index contributed by atoms with van der Waals surface area (Å²) in [5.74, 6) is 1.23. The minimum absolute atomic E-state index is 0.0915. The van der Waals surface area contributed by atoms with E-state index in [2.05, 4.69) is 20.3 Å². The van der Waals surface area contributed by atoms with Gasteiger partial charge in [-0.05, 0) is 18.9 Å². The van der Waals surface area contributed by atoms with E-state index in [0.717, 1.165) is 38.2 Å². The Labute approximate surface area is 139 Å². The lowest BCUT2D eigenvalue weighted by atomic mass is 9.95. The van der Waals surface area contributed by atoms with Gasteiger partial charge < -0.3 is 19.1 Å². The molecular weight excluding hydrogens is 310 g/mol. The molecule has 2 aliphatic rings. The molecule has 0 saturated carbocycles. The fourth-order valence-electron chi connectivity index (χ4n) is 3.37. The van der Waals surface area contributed by atoms with Crippen LogP contribution in [0, 0.1) is 0 Å². The number of nitrogens with zero attached hydrogens (tertiary/aromatic N) is 4. The zero-order valence-corrected chi connectivity index (χ0v) is 13.5. The first kappa shape index (κ1) is 15.2. The van der Waals surface area contributed by atoms with Gasteiger partial charge in [0, 0.05) is 50.1 Å². The number of carbonyl (C=O) groups is 1. The van der Waals surface area contributed by atoms with Crippen molar-refractivity contribution in [2.75, 3.05) is 44.3 Å². The van der Waals surface area contributed by atoms with E-state index < -0.39 is 0 Å². The van der Waals surface area contributed by atoms with Crippen molar-refractivity contribution >= 4 is 11.7 Å².